The molecule has 4 nitrogen and oxygen atoms in total. The summed E-state index contributed by atoms with van der Waals surface area (Å²) in [6.07, 6.45) is 0. The molecule has 6 heteroatoms. The van der Waals surface area contributed by atoms with Gasteiger partial charge in [0.25, 0.3) is 0 Å². The van der Waals surface area contributed by atoms with Gasteiger partial charge >= 0.3 is 64.3 Å². The molecule has 0 atom stereocenters. The predicted molar refractivity (Wildman–Crippen MR) is 136 cm³/mol. The van der Waals surface area contributed by atoms with E-state index in [-0.39, 0.29) is 0 Å². The third-order valence-electron chi connectivity index (χ3n) is 4.71. The van der Waals surface area contributed by atoms with Gasteiger partial charge in [0.1, 0.15) is 17.2 Å². The molecule has 4 rings (SSSR count). The molecule has 0 bridgehead atoms. The molecule has 168 valence electrons. The number of rotatable bonds is 6. The molecule has 0 saturated heterocycles. The van der Waals surface area contributed by atoms with E-state index in [0.717, 1.165) is 16.7 Å². The minimum atomic E-state index is -3.97. The van der Waals surface area contributed by atoms with Gasteiger partial charge in [-0.3, -0.25) is 0 Å². The molecule has 0 aliphatic rings. The van der Waals surface area contributed by atoms with E-state index in [1.807, 2.05) is 81.4 Å². The average molecular weight is 565 g/mol. The van der Waals surface area contributed by atoms with Crippen LogP contribution in [0.25, 0.3) is 0 Å². The van der Waals surface area contributed by atoms with E-state index in [4.69, 9.17) is 13.6 Å². The second kappa shape index (κ2) is 12.0. The van der Waals surface area contributed by atoms with Gasteiger partial charge in [-0.15, -0.1) is 0 Å². The van der Waals surface area contributed by atoms with Crippen LogP contribution in [0.2, 0.25) is 0 Å². The van der Waals surface area contributed by atoms with Crippen molar-refractivity contribution in [1.29, 1.82) is 0 Å². The quantitative estimate of drug-likeness (QED) is 0.199. The molecule has 0 spiro atoms. The van der Waals surface area contributed by atoms with E-state index >= 15 is 0 Å². The average Bonchev–Trinajstić information content (AvgIpc) is 2.80. The Hall–Kier alpha value is -2.69. The molecular weight excluding hydrogens is 538 g/mol. The summed E-state index contributed by atoms with van der Waals surface area (Å²) in [6, 6.07) is 32.4. The molecule has 0 amide bonds. The number of hydrogen-bond donors (Lipinski definition) is 0. The van der Waals surface area contributed by atoms with Crippen molar-refractivity contribution in [3.8, 4) is 17.2 Å². The monoisotopic (exact) mass is 566 g/mol. The second-order valence-electron chi connectivity index (χ2n) is 7.43. The summed E-state index contributed by atoms with van der Waals surface area (Å²) >= 11 is 1.23. The summed E-state index contributed by atoms with van der Waals surface area (Å²) < 4.78 is 32.2. The van der Waals surface area contributed by atoms with E-state index in [2.05, 4.69) is 24.3 Å². The van der Waals surface area contributed by atoms with Gasteiger partial charge in [-0.25, -0.2) is 0 Å². The summed E-state index contributed by atoms with van der Waals surface area (Å²) in [5, 5.41) is 0. The first kappa shape index (κ1) is 24.9. The standard InChI is InChI=1S/C21H21O4P.C6H5.Sn.H/c1-16-10-4-7-13-19(16)23-26(22,24-20-14-8-5-11-17(20)2)25-21-15-9-6-12-18(21)3;1-2-4-6-5-3-1;;/h4-15H,1-3H3;1-5H;;. The second-order valence-corrected chi connectivity index (χ2v) is 10.8. The molecule has 0 fully saturated rings. The molecule has 0 aliphatic heterocycles. The van der Waals surface area contributed by atoms with Gasteiger partial charge in [0.15, 0.2) is 0 Å². The van der Waals surface area contributed by atoms with Crippen LogP contribution >= 0.6 is 7.82 Å². The molecule has 4 aromatic rings. The predicted octanol–water partition coefficient (Wildman–Crippen LogP) is 6.47. The van der Waals surface area contributed by atoms with Crippen LogP contribution in [0.5, 0.6) is 17.2 Å². The van der Waals surface area contributed by atoms with Crippen molar-refractivity contribution >= 4 is 33.9 Å². The number of aryl methyl sites for hydroxylation is 3. The van der Waals surface area contributed by atoms with Gasteiger partial charge in [-0.05, 0) is 55.7 Å². The van der Waals surface area contributed by atoms with Gasteiger partial charge in [0.2, 0.25) is 0 Å². The van der Waals surface area contributed by atoms with Gasteiger partial charge < -0.3 is 13.6 Å². The van der Waals surface area contributed by atoms with Crippen molar-refractivity contribution in [3.63, 3.8) is 0 Å². The summed E-state index contributed by atoms with van der Waals surface area (Å²) in [5.74, 6) is 1.37. The summed E-state index contributed by atoms with van der Waals surface area (Å²) in [7, 11) is -3.97. The normalized spacial score (nSPS) is 10.5. The number of para-hydroxylation sites is 3. The Bertz CT molecular complexity index is 1110. The molecule has 4 aromatic carbocycles. The van der Waals surface area contributed by atoms with E-state index < -0.39 is 7.82 Å². The first-order chi connectivity index (χ1) is 15.9. The molecule has 0 saturated carbocycles. The Morgan fingerprint density at radius 3 is 1.09 bits per heavy atom. The zero-order valence-electron chi connectivity index (χ0n) is 19.0. The fourth-order valence-corrected chi connectivity index (χ4v) is 4.93. The first-order valence-corrected chi connectivity index (χ1v) is 13.6. The third-order valence-corrected chi connectivity index (χ3v) is 7.07. The zero-order valence-corrected chi connectivity index (χ0v) is 23.2. The van der Waals surface area contributed by atoms with Crippen LogP contribution in [0, 0.1) is 20.8 Å². The topological polar surface area (TPSA) is 44.8 Å². The maximum atomic E-state index is 13.5. The van der Waals surface area contributed by atoms with Crippen molar-refractivity contribution in [1.82, 2.24) is 0 Å². The number of hydrogen-bond acceptors (Lipinski definition) is 4. The SMILES string of the molecule is Cc1ccccc1OP(=O)(Oc1ccccc1C)Oc1ccccc1C.[SnH][c]1ccccc1. The van der Waals surface area contributed by atoms with Crippen molar-refractivity contribution in [2.75, 3.05) is 0 Å². The van der Waals surface area contributed by atoms with Crippen molar-refractivity contribution in [3.05, 3.63) is 120 Å². The fourth-order valence-electron chi connectivity index (χ4n) is 2.85. The maximum absolute atomic E-state index is 13.5. The number of phosphoric ester groups is 1. The Morgan fingerprint density at radius 1 is 0.515 bits per heavy atom. The Kier molecular flexibility index (Phi) is 9.04. The number of benzene rings is 4. The summed E-state index contributed by atoms with van der Waals surface area (Å²) in [5.41, 5.74) is 2.53. The van der Waals surface area contributed by atoms with E-state index in [0.29, 0.717) is 17.2 Å². The minimum absolute atomic E-state index is 0.456. The van der Waals surface area contributed by atoms with Crippen molar-refractivity contribution in [2.45, 2.75) is 20.8 Å². The van der Waals surface area contributed by atoms with Crippen LogP contribution in [0.1, 0.15) is 16.7 Å². The summed E-state index contributed by atoms with van der Waals surface area (Å²) in [6.45, 7) is 5.63. The van der Waals surface area contributed by atoms with Crippen LogP contribution in [0.3, 0.4) is 0 Å². The van der Waals surface area contributed by atoms with Crippen LogP contribution < -0.4 is 17.2 Å². The van der Waals surface area contributed by atoms with E-state index in [1.54, 1.807) is 18.2 Å². The van der Waals surface area contributed by atoms with Crippen LogP contribution in [-0.4, -0.2) is 22.5 Å². The van der Waals surface area contributed by atoms with Gasteiger partial charge in [-0.1, -0.05) is 54.6 Å². The van der Waals surface area contributed by atoms with Crippen LogP contribution in [-0.2, 0) is 4.57 Å². The third kappa shape index (κ3) is 7.69. The summed E-state index contributed by atoms with van der Waals surface area (Å²) in [4.78, 5) is 0. The molecule has 2 radical (unpaired) electrons. The first-order valence-electron chi connectivity index (χ1n) is 10.5. The number of phosphoric acid groups is 1. The molecule has 0 aromatic heterocycles. The molecule has 0 aliphatic carbocycles. The van der Waals surface area contributed by atoms with Crippen LogP contribution in [0.4, 0.5) is 0 Å². The van der Waals surface area contributed by atoms with E-state index in [1.165, 1.54) is 26.1 Å². The molecule has 0 heterocycles. The zero-order chi connectivity index (χ0) is 23.7. The molecule has 33 heavy (non-hydrogen) atoms. The Morgan fingerprint density at radius 2 is 0.818 bits per heavy atom. The van der Waals surface area contributed by atoms with Crippen LogP contribution in [0.15, 0.2) is 103 Å². The van der Waals surface area contributed by atoms with Crippen molar-refractivity contribution in [2.24, 2.45) is 0 Å². The fraction of sp³-hybridized carbons (Fsp3) is 0.111. The molecular formula is C27H27O4PSn. The Labute approximate surface area is 209 Å². The molecule has 0 unspecified atom stereocenters. The molecule has 0 N–H and O–H groups in total. The van der Waals surface area contributed by atoms with Gasteiger partial charge in [-0.2, -0.15) is 4.57 Å². The van der Waals surface area contributed by atoms with E-state index in [9.17, 15) is 4.57 Å². The Balaban J connectivity index is 0.000000374. The van der Waals surface area contributed by atoms with Gasteiger partial charge in [0, 0.05) is 0 Å². The van der Waals surface area contributed by atoms with Crippen molar-refractivity contribution < 1.29 is 18.1 Å². The van der Waals surface area contributed by atoms with Gasteiger partial charge in [0.05, 0.1) is 0 Å².